The zero-order chi connectivity index (χ0) is 17.0. The van der Waals surface area contributed by atoms with Gasteiger partial charge in [-0.2, -0.15) is 0 Å². The Morgan fingerprint density at radius 1 is 1.39 bits per heavy atom. The van der Waals surface area contributed by atoms with E-state index in [2.05, 4.69) is 4.98 Å². The highest BCUT2D eigenvalue weighted by Crippen LogP contribution is 2.35. The molecule has 0 amide bonds. The van der Waals surface area contributed by atoms with Gasteiger partial charge in [0.15, 0.2) is 11.6 Å². The summed E-state index contributed by atoms with van der Waals surface area (Å²) < 4.78 is 14.0. The van der Waals surface area contributed by atoms with Crippen LogP contribution in [0.3, 0.4) is 0 Å². The van der Waals surface area contributed by atoms with Crippen molar-refractivity contribution < 1.29 is 9.50 Å². The molecule has 2 aromatic rings. The minimum Gasteiger partial charge on any atom is -0.504 e. The molecule has 4 nitrogen and oxygen atoms in total. The number of allylic oxidation sites excluding steroid dienone is 4. The molecular formula is C17H15ClFN3O. The van der Waals surface area contributed by atoms with Crippen LogP contribution in [0.2, 0.25) is 5.02 Å². The van der Waals surface area contributed by atoms with Crippen LogP contribution in [0.15, 0.2) is 42.5 Å². The van der Waals surface area contributed by atoms with Gasteiger partial charge in [-0.1, -0.05) is 23.8 Å². The monoisotopic (exact) mass is 331 g/mol. The molecule has 0 bridgehead atoms. The maximum absolute atomic E-state index is 14.0. The van der Waals surface area contributed by atoms with Gasteiger partial charge in [-0.3, -0.25) is 0 Å². The highest BCUT2D eigenvalue weighted by molar-refractivity contribution is 6.30. The van der Waals surface area contributed by atoms with Crippen molar-refractivity contribution in [2.24, 2.45) is 0 Å². The first kappa shape index (κ1) is 16.7. The average Bonchev–Trinajstić information content (AvgIpc) is 2.54. The lowest BCUT2D eigenvalue weighted by Crippen LogP contribution is -1.98. The number of aromatic nitrogens is 1. The Hall–Kier alpha value is -2.66. The summed E-state index contributed by atoms with van der Waals surface area (Å²) in [4.78, 5) is 4.04. The molecule has 118 valence electrons. The van der Waals surface area contributed by atoms with Gasteiger partial charge in [0.05, 0.1) is 5.69 Å². The highest BCUT2D eigenvalue weighted by atomic mass is 35.5. The van der Waals surface area contributed by atoms with Gasteiger partial charge in [0.25, 0.3) is 0 Å². The van der Waals surface area contributed by atoms with E-state index in [1.54, 1.807) is 19.1 Å². The number of anilines is 1. The van der Waals surface area contributed by atoms with Crippen LogP contribution in [-0.4, -0.2) is 16.3 Å². The molecule has 0 aliphatic carbocycles. The summed E-state index contributed by atoms with van der Waals surface area (Å²) in [6, 6.07) is 5.66. The zero-order valence-corrected chi connectivity index (χ0v) is 13.1. The van der Waals surface area contributed by atoms with E-state index in [-0.39, 0.29) is 22.8 Å². The molecule has 0 aliphatic rings. The van der Waals surface area contributed by atoms with Crippen LogP contribution in [0, 0.1) is 11.2 Å². The van der Waals surface area contributed by atoms with Crippen LogP contribution in [-0.2, 0) is 0 Å². The first-order valence-electron chi connectivity index (χ1n) is 6.76. The van der Waals surface area contributed by atoms with E-state index < -0.39 is 5.82 Å². The molecule has 6 heteroatoms. The van der Waals surface area contributed by atoms with Gasteiger partial charge < -0.3 is 16.2 Å². The standard InChI is InChI=1S/C17H15ClFN3O/c1-2-10(4-3-7-20)12-9-15(22-17(21)16(12)23)13-8-11(18)5-6-14(13)19/h2-9,20,23H,1H3,(H2,21,22)/b4-3-,10-2+,20-7?. The van der Waals surface area contributed by atoms with Crippen molar-refractivity contribution in [3.8, 4) is 17.0 Å². The molecule has 0 unspecified atom stereocenters. The van der Waals surface area contributed by atoms with Gasteiger partial charge >= 0.3 is 0 Å². The van der Waals surface area contributed by atoms with Crippen molar-refractivity contribution in [3.05, 3.63) is 58.9 Å². The molecule has 0 saturated heterocycles. The third-order valence-corrected chi connectivity index (χ3v) is 3.45. The van der Waals surface area contributed by atoms with Gasteiger partial charge in [-0.05, 0) is 42.8 Å². The number of pyridine rings is 1. The molecule has 0 aliphatic heterocycles. The van der Waals surface area contributed by atoms with Crippen LogP contribution in [0.1, 0.15) is 12.5 Å². The second kappa shape index (κ2) is 7.07. The summed E-state index contributed by atoms with van der Waals surface area (Å²) in [6.45, 7) is 1.78. The fourth-order valence-corrected chi connectivity index (χ4v) is 2.28. The summed E-state index contributed by atoms with van der Waals surface area (Å²) in [5, 5.41) is 17.6. The summed E-state index contributed by atoms with van der Waals surface area (Å²) >= 11 is 5.91. The summed E-state index contributed by atoms with van der Waals surface area (Å²) in [6.07, 6.45) is 6.00. The maximum atomic E-state index is 14.0. The first-order valence-corrected chi connectivity index (χ1v) is 7.14. The van der Waals surface area contributed by atoms with Gasteiger partial charge in [-0.25, -0.2) is 9.37 Å². The van der Waals surface area contributed by atoms with Gasteiger partial charge in [0, 0.05) is 22.4 Å². The average molecular weight is 332 g/mol. The molecule has 4 N–H and O–H groups in total. The van der Waals surface area contributed by atoms with Gasteiger partial charge in [0.1, 0.15) is 5.82 Å². The normalized spacial score (nSPS) is 11.9. The van der Waals surface area contributed by atoms with Crippen molar-refractivity contribution in [2.75, 3.05) is 5.73 Å². The predicted molar refractivity (Wildman–Crippen MR) is 92.3 cm³/mol. The molecule has 0 saturated carbocycles. The molecule has 1 heterocycles. The molecule has 1 aromatic carbocycles. The SMILES string of the molecule is C/C=C(\C=C/C=N)c1cc(-c2cc(Cl)ccc2F)nc(N)c1O. The highest BCUT2D eigenvalue weighted by Gasteiger charge is 2.15. The molecule has 23 heavy (non-hydrogen) atoms. The molecular weight excluding hydrogens is 317 g/mol. The van der Waals surface area contributed by atoms with Crippen LogP contribution >= 0.6 is 11.6 Å². The number of hydrogen-bond acceptors (Lipinski definition) is 4. The Balaban J connectivity index is 2.67. The minimum atomic E-state index is -0.491. The lowest BCUT2D eigenvalue weighted by Gasteiger charge is -2.11. The Labute approximate surface area is 138 Å². The van der Waals surface area contributed by atoms with Crippen molar-refractivity contribution >= 4 is 29.2 Å². The van der Waals surface area contributed by atoms with E-state index in [1.807, 2.05) is 0 Å². The van der Waals surface area contributed by atoms with E-state index in [0.29, 0.717) is 16.2 Å². The summed E-state index contributed by atoms with van der Waals surface area (Å²) in [5.41, 5.74) is 7.23. The van der Waals surface area contributed by atoms with E-state index >= 15 is 0 Å². The fourth-order valence-electron chi connectivity index (χ4n) is 2.10. The number of halogens is 2. The summed E-state index contributed by atoms with van der Waals surface area (Å²) in [5.74, 6) is -0.798. The number of nitrogen functional groups attached to an aromatic ring is 1. The molecule has 0 fully saturated rings. The minimum absolute atomic E-state index is 0.112. The smallest absolute Gasteiger partial charge is 0.167 e. The Kier molecular flexibility index (Phi) is 5.13. The predicted octanol–water partition coefficient (Wildman–Crippen LogP) is 4.44. The molecule has 0 atom stereocenters. The third kappa shape index (κ3) is 3.57. The van der Waals surface area contributed by atoms with Crippen molar-refractivity contribution in [3.63, 3.8) is 0 Å². The molecule has 0 spiro atoms. The van der Waals surface area contributed by atoms with E-state index in [0.717, 1.165) is 6.21 Å². The Morgan fingerprint density at radius 3 is 2.78 bits per heavy atom. The second-order valence-corrected chi connectivity index (χ2v) is 5.12. The number of nitrogens with two attached hydrogens (primary N) is 1. The first-order chi connectivity index (χ1) is 11.0. The number of aromatic hydroxyl groups is 1. The van der Waals surface area contributed by atoms with Crippen LogP contribution in [0.5, 0.6) is 5.75 Å². The van der Waals surface area contributed by atoms with E-state index in [1.165, 1.54) is 30.3 Å². The Bertz CT molecular complexity index is 816. The topological polar surface area (TPSA) is 83.0 Å². The van der Waals surface area contributed by atoms with Crippen molar-refractivity contribution in [2.45, 2.75) is 6.92 Å². The number of rotatable bonds is 4. The lowest BCUT2D eigenvalue weighted by atomic mass is 10.0. The number of hydrogen-bond donors (Lipinski definition) is 3. The number of nitrogens with zero attached hydrogens (tertiary/aromatic N) is 1. The zero-order valence-electron chi connectivity index (χ0n) is 12.3. The molecule has 0 radical (unpaired) electrons. The van der Waals surface area contributed by atoms with Crippen LogP contribution in [0.25, 0.3) is 16.8 Å². The maximum Gasteiger partial charge on any atom is 0.167 e. The van der Waals surface area contributed by atoms with Crippen LogP contribution in [0.4, 0.5) is 10.2 Å². The van der Waals surface area contributed by atoms with Crippen molar-refractivity contribution in [1.82, 2.24) is 4.98 Å². The quantitative estimate of drug-likeness (QED) is 0.572. The van der Waals surface area contributed by atoms with Gasteiger partial charge in [0.2, 0.25) is 0 Å². The largest absolute Gasteiger partial charge is 0.504 e. The second-order valence-electron chi connectivity index (χ2n) is 4.68. The van der Waals surface area contributed by atoms with E-state index in [4.69, 9.17) is 22.7 Å². The number of benzene rings is 1. The fraction of sp³-hybridized carbons (Fsp3) is 0.0588. The molecule has 2 rings (SSSR count). The van der Waals surface area contributed by atoms with Gasteiger partial charge in [-0.15, -0.1) is 0 Å². The third-order valence-electron chi connectivity index (χ3n) is 3.22. The summed E-state index contributed by atoms with van der Waals surface area (Å²) in [7, 11) is 0. The number of nitrogens with one attached hydrogen (secondary N) is 1. The van der Waals surface area contributed by atoms with E-state index in [9.17, 15) is 9.50 Å². The lowest BCUT2D eigenvalue weighted by molar-refractivity contribution is 0.474. The van der Waals surface area contributed by atoms with Crippen LogP contribution < -0.4 is 5.73 Å². The van der Waals surface area contributed by atoms with Crippen molar-refractivity contribution in [1.29, 1.82) is 5.41 Å². The molecule has 1 aromatic heterocycles. The Morgan fingerprint density at radius 2 is 2.13 bits per heavy atom.